The number of nitrogens with zero attached hydrogens (tertiary/aromatic N) is 2. The maximum absolute atomic E-state index is 13.7. The highest BCUT2D eigenvalue weighted by atomic mass is 32.2. The van der Waals surface area contributed by atoms with Gasteiger partial charge in [-0.05, 0) is 63.3 Å². The van der Waals surface area contributed by atoms with Crippen LogP contribution in [0.15, 0.2) is 50.8 Å². The van der Waals surface area contributed by atoms with Crippen molar-refractivity contribution < 1.29 is 17.6 Å². The summed E-state index contributed by atoms with van der Waals surface area (Å²) in [5.41, 5.74) is 0.566. The van der Waals surface area contributed by atoms with Crippen molar-refractivity contribution in [2.45, 2.75) is 42.1 Å². The summed E-state index contributed by atoms with van der Waals surface area (Å²) in [6, 6.07) is 8.51. The second-order valence-electron chi connectivity index (χ2n) is 8.02. The van der Waals surface area contributed by atoms with Crippen molar-refractivity contribution in [2.24, 2.45) is 5.92 Å². The topological polar surface area (TPSA) is 82.9 Å². The van der Waals surface area contributed by atoms with Gasteiger partial charge >= 0.3 is 0 Å². The molecule has 30 heavy (non-hydrogen) atoms. The third kappa shape index (κ3) is 4.44. The fourth-order valence-electron chi connectivity index (χ4n) is 3.82. The van der Waals surface area contributed by atoms with E-state index in [1.54, 1.807) is 52.7 Å². The van der Waals surface area contributed by atoms with Crippen LogP contribution >= 0.6 is 11.8 Å². The smallest absolute Gasteiger partial charge is 0.243 e. The van der Waals surface area contributed by atoms with Crippen LogP contribution in [0.3, 0.4) is 0 Å². The lowest BCUT2D eigenvalue weighted by molar-refractivity contribution is -0.118. The van der Waals surface area contributed by atoms with Crippen LogP contribution in [0.2, 0.25) is 0 Å². The third-order valence-electron chi connectivity index (χ3n) is 5.74. The number of carbonyl (C=O) groups is 1. The van der Waals surface area contributed by atoms with Crippen LogP contribution in [0.25, 0.3) is 0 Å². The first-order chi connectivity index (χ1) is 14.3. The van der Waals surface area contributed by atoms with Gasteiger partial charge in [0.15, 0.2) is 0 Å². The van der Waals surface area contributed by atoms with Crippen molar-refractivity contribution in [3.05, 3.63) is 42.4 Å². The van der Waals surface area contributed by atoms with Crippen molar-refractivity contribution in [1.29, 1.82) is 0 Å². The van der Waals surface area contributed by atoms with Gasteiger partial charge in [0.2, 0.25) is 15.9 Å². The van der Waals surface area contributed by atoms with Crippen LogP contribution < -0.4 is 5.32 Å². The van der Waals surface area contributed by atoms with Crippen LogP contribution in [0, 0.1) is 5.92 Å². The number of sulfonamides is 1. The summed E-state index contributed by atoms with van der Waals surface area (Å²) in [6.07, 6.45) is 3.10. The Kier molecular flexibility index (Phi) is 6.24. The molecular weight excluding hydrogens is 422 g/mol. The molecule has 162 valence electrons. The lowest BCUT2D eigenvalue weighted by atomic mass is 10.1. The first-order valence-electron chi connectivity index (χ1n) is 10.1. The highest BCUT2D eigenvalue weighted by Gasteiger charge is 2.34. The van der Waals surface area contributed by atoms with Gasteiger partial charge in [0.05, 0.1) is 23.4 Å². The number of hydrogen-bond donors (Lipinski definition) is 1. The van der Waals surface area contributed by atoms with Crippen LogP contribution in [0.5, 0.6) is 0 Å². The predicted octanol–water partition coefficient (Wildman–Crippen LogP) is 3.25. The molecule has 2 aliphatic heterocycles. The molecule has 1 unspecified atom stereocenters. The van der Waals surface area contributed by atoms with Crippen molar-refractivity contribution >= 4 is 33.4 Å². The van der Waals surface area contributed by atoms with E-state index in [4.69, 9.17) is 4.42 Å². The molecule has 0 aliphatic carbocycles. The largest absolute Gasteiger partial charge is 0.468 e. The first kappa shape index (κ1) is 21.4. The summed E-state index contributed by atoms with van der Waals surface area (Å²) in [7, 11) is -1.73. The number of carbonyl (C=O) groups excluding carboxylic acids is 1. The van der Waals surface area contributed by atoms with Crippen LogP contribution in [-0.2, 0) is 21.4 Å². The zero-order valence-corrected chi connectivity index (χ0v) is 18.8. The normalized spacial score (nSPS) is 21.3. The van der Waals surface area contributed by atoms with E-state index in [9.17, 15) is 13.2 Å². The summed E-state index contributed by atoms with van der Waals surface area (Å²) < 4.78 is 34.4. The number of piperidine rings is 1. The van der Waals surface area contributed by atoms with Gasteiger partial charge in [0.25, 0.3) is 0 Å². The number of anilines is 1. The average molecular weight is 450 g/mol. The number of rotatable bonds is 5. The molecule has 7 nitrogen and oxygen atoms in total. The number of hydrogen-bond acceptors (Lipinski definition) is 6. The Morgan fingerprint density at radius 3 is 2.73 bits per heavy atom. The van der Waals surface area contributed by atoms with E-state index in [0.29, 0.717) is 17.2 Å². The van der Waals surface area contributed by atoms with Crippen molar-refractivity contribution in [1.82, 2.24) is 9.21 Å². The van der Waals surface area contributed by atoms with E-state index in [-0.39, 0.29) is 29.3 Å². The first-order valence-corrected chi connectivity index (χ1v) is 12.6. The lowest BCUT2D eigenvalue weighted by Gasteiger charge is -2.36. The van der Waals surface area contributed by atoms with Crippen LogP contribution in [-0.4, -0.2) is 55.5 Å². The summed E-state index contributed by atoms with van der Waals surface area (Å²) >= 11 is 1.57. The Labute approximate surface area is 181 Å². The van der Waals surface area contributed by atoms with Crippen LogP contribution in [0.4, 0.5) is 5.69 Å². The van der Waals surface area contributed by atoms with Gasteiger partial charge in [0, 0.05) is 22.6 Å². The predicted molar refractivity (Wildman–Crippen MR) is 117 cm³/mol. The molecule has 2 aromatic rings. The zero-order chi connectivity index (χ0) is 21.3. The Hall–Kier alpha value is -1.81. The molecule has 1 aromatic heterocycles. The van der Waals surface area contributed by atoms with E-state index in [2.05, 4.69) is 17.3 Å². The van der Waals surface area contributed by atoms with Gasteiger partial charge < -0.3 is 14.6 Å². The van der Waals surface area contributed by atoms with Crippen molar-refractivity contribution in [2.75, 3.05) is 31.2 Å². The summed E-state index contributed by atoms with van der Waals surface area (Å²) in [6.45, 7) is 3.77. The number of likely N-dealkylation sites (tertiary alicyclic amines) is 1. The molecule has 1 saturated heterocycles. The Bertz CT molecular complexity index is 999. The quantitative estimate of drug-likeness (QED) is 0.755. The monoisotopic (exact) mass is 449 g/mol. The number of benzene rings is 1. The number of nitrogens with one attached hydrogen (secondary N) is 1. The van der Waals surface area contributed by atoms with Gasteiger partial charge in [-0.15, -0.1) is 11.8 Å². The van der Waals surface area contributed by atoms with Gasteiger partial charge in [-0.3, -0.25) is 4.79 Å². The van der Waals surface area contributed by atoms with E-state index >= 15 is 0 Å². The molecule has 1 amide bonds. The zero-order valence-electron chi connectivity index (χ0n) is 17.2. The minimum Gasteiger partial charge on any atom is -0.468 e. The van der Waals surface area contributed by atoms with Crippen molar-refractivity contribution in [3.8, 4) is 0 Å². The number of amides is 1. The summed E-state index contributed by atoms with van der Waals surface area (Å²) in [5, 5.41) is 2.89. The molecule has 0 radical (unpaired) electrons. The minimum absolute atomic E-state index is 0.0847. The molecule has 4 rings (SSSR count). The minimum atomic E-state index is -3.78. The Morgan fingerprint density at radius 2 is 2.03 bits per heavy atom. The number of fused-ring (bicyclic) bond motifs is 1. The molecule has 2 aliphatic rings. The third-order valence-corrected chi connectivity index (χ3v) is 8.97. The molecular formula is C21H27N3O4S2. The molecule has 0 saturated carbocycles. The number of thioether (sulfide) groups is 1. The van der Waals surface area contributed by atoms with E-state index < -0.39 is 10.0 Å². The second-order valence-corrected chi connectivity index (χ2v) is 11.0. The maximum atomic E-state index is 13.7. The fourth-order valence-corrected chi connectivity index (χ4v) is 6.51. The van der Waals surface area contributed by atoms with Crippen molar-refractivity contribution in [3.63, 3.8) is 0 Å². The molecule has 1 N–H and O–H groups in total. The fraction of sp³-hybridized carbons (Fsp3) is 0.476. The maximum Gasteiger partial charge on any atom is 0.243 e. The molecule has 1 aromatic carbocycles. The molecule has 0 bridgehead atoms. The highest BCUT2D eigenvalue weighted by Crippen LogP contribution is 2.35. The molecule has 9 heteroatoms. The lowest BCUT2D eigenvalue weighted by Crippen LogP contribution is -2.46. The second kappa shape index (κ2) is 8.74. The van der Waals surface area contributed by atoms with Crippen LogP contribution in [0.1, 0.15) is 25.5 Å². The highest BCUT2D eigenvalue weighted by molar-refractivity contribution is 7.99. The van der Waals surface area contributed by atoms with Gasteiger partial charge in [0.1, 0.15) is 5.76 Å². The average Bonchev–Trinajstić information content (AvgIpc) is 3.20. The Morgan fingerprint density at radius 1 is 1.27 bits per heavy atom. The van der Waals surface area contributed by atoms with Gasteiger partial charge in [-0.2, -0.15) is 4.31 Å². The van der Waals surface area contributed by atoms with E-state index in [1.807, 2.05) is 6.92 Å². The number of furan rings is 1. The molecule has 1 fully saturated rings. The van der Waals surface area contributed by atoms with Gasteiger partial charge in [-0.25, -0.2) is 8.42 Å². The SMILES string of the molecule is CC1CSc2ccc(S(=O)(=O)N(Cc3ccco3)C3CCN(C)CC3)cc2NC1=O. The molecule has 3 heterocycles. The summed E-state index contributed by atoms with van der Waals surface area (Å²) in [5.74, 6) is 1.08. The van der Waals surface area contributed by atoms with E-state index in [0.717, 1.165) is 30.8 Å². The Balaban J connectivity index is 1.67. The van der Waals surface area contributed by atoms with E-state index in [1.165, 1.54) is 0 Å². The standard InChI is InChI=1S/C21H27N3O4S2/c1-15-14-29-20-6-5-18(12-19(20)22-21(15)25)30(26,27)24(13-17-4-3-11-28-17)16-7-9-23(2)10-8-16/h3-6,11-12,15-16H,7-10,13-14H2,1-2H3,(H,22,25). The van der Waals surface area contributed by atoms with Gasteiger partial charge in [-0.1, -0.05) is 6.92 Å². The molecule has 1 atom stereocenters. The summed E-state index contributed by atoms with van der Waals surface area (Å²) in [4.78, 5) is 15.6. The molecule has 0 spiro atoms.